The van der Waals surface area contributed by atoms with Gasteiger partial charge in [0.15, 0.2) is 5.78 Å². The first kappa shape index (κ1) is 18.8. The van der Waals surface area contributed by atoms with Crippen LogP contribution >= 0.6 is 0 Å². The van der Waals surface area contributed by atoms with Crippen LogP contribution in [0.3, 0.4) is 0 Å². The third-order valence-corrected chi connectivity index (χ3v) is 4.92. The predicted molar refractivity (Wildman–Crippen MR) is 98.3 cm³/mol. The molecule has 0 aliphatic heterocycles. The number of carbonyl (C=O) groups excluding carboxylic acids is 1. The first-order valence-electron chi connectivity index (χ1n) is 9.59. The monoisotopic (exact) mass is 332 g/mol. The fraction of sp³-hybridized carbons (Fsp3) is 0.667. The van der Waals surface area contributed by atoms with E-state index in [1.165, 1.54) is 38.5 Å². The number of hydrogen-bond acceptors (Lipinski definition) is 3. The highest BCUT2D eigenvalue weighted by molar-refractivity contribution is 5.99. The average molecular weight is 332 g/mol. The lowest BCUT2D eigenvalue weighted by Crippen LogP contribution is -2.09. The molecule has 24 heavy (non-hydrogen) atoms. The van der Waals surface area contributed by atoms with Gasteiger partial charge >= 0.3 is 0 Å². The Hall–Kier alpha value is -1.51. The van der Waals surface area contributed by atoms with E-state index in [9.17, 15) is 4.79 Å². The van der Waals surface area contributed by atoms with Crippen molar-refractivity contribution in [1.29, 1.82) is 0 Å². The van der Waals surface area contributed by atoms with Gasteiger partial charge in [0.2, 0.25) is 0 Å². The smallest absolute Gasteiger partial charge is 0.166 e. The number of benzene rings is 1. The predicted octanol–water partition coefficient (Wildman–Crippen LogP) is 5.73. The number of Topliss-reactive ketones (excluding diaryl/α,β-unsaturated/α-hetero) is 1. The van der Waals surface area contributed by atoms with Gasteiger partial charge in [-0.25, -0.2) is 0 Å². The molecule has 0 N–H and O–H groups in total. The Bertz CT molecular complexity index is 530. The minimum absolute atomic E-state index is 0.176. The molecule has 2 rings (SSSR count). The van der Waals surface area contributed by atoms with Crippen LogP contribution in [0.2, 0.25) is 0 Å². The average Bonchev–Trinajstić information content (AvgIpc) is 2.58. The maximum atomic E-state index is 12.7. The Morgan fingerprint density at radius 3 is 2.38 bits per heavy atom. The van der Waals surface area contributed by atoms with E-state index >= 15 is 0 Å². The van der Waals surface area contributed by atoms with Crippen molar-refractivity contribution in [2.24, 2.45) is 5.92 Å². The third-order valence-electron chi connectivity index (χ3n) is 4.92. The van der Waals surface area contributed by atoms with Crippen molar-refractivity contribution < 1.29 is 14.3 Å². The molecule has 0 bridgehead atoms. The largest absolute Gasteiger partial charge is 0.494 e. The molecular weight excluding hydrogens is 300 g/mol. The van der Waals surface area contributed by atoms with Gasteiger partial charge in [0.05, 0.1) is 18.8 Å². The van der Waals surface area contributed by atoms with E-state index in [0.717, 1.165) is 23.7 Å². The topological polar surface area (TPSA) is 35.5 Å². The number of ether oxygens (including phenoxy) is 2. The maximum Gasteiger partial charge on any atom is 0.166 e. The zero-order chi connectivity index (χ0) is 17.4. The second-order valence-corrected chi connectivity index (χ2v) is 6.80. The van der Waals surface area contributed by atoms with Crippen LogP contribution < -0.4 is 9.47 Å². The molecule has 1 saturated carbocycles. The molecule has 1 aromatic carbocycles. The van der Waals surface area contributed by atoms with Crippen LogP contribution in [0.25, 0.3) is 0 Å². The number of aryl methyl sites for hydroxylation is 1. The van der Waals surface area contributed by atoms with Crippen LogP contribution in [0.5, 0.6) is 11.5 Å². The van der Waals surface area contributed by atoms with Gasteiger partial charge in [-0.05, 0) is 50.8 Å². The Labute approximate surface area is 146 Å². The molecular formula is C21H32O3. The minimum Gasteiger partial charge on any atom is -0.494 e. The van der Waals surface area contributed by atoms with Gasteiger partial charge in [-0.15, -0.1) is 0 Å². The quantitative estimate of drug-likeness (QED) is 0.542. The molecule has 0 unspecified atom stereocenters. The zero-order valence-corrected chi connectivity index (χ0v) is 15.5. The summed E-state index contributed by atoms with van der Waals surface area (Å²) < 4.78 is 11.3. The van der Waals surface area contributed by atoms with Gasteiger partial charge in [0.1, 0.15) is 11.5 Å². The zero-order valence-electron chi connectivity index (χ0n) is 15.5. The Kier molecular flexibility index (Phi) is 7.61. The second-order valence-electron chi connectivity index (χ2n) is 6.80. The van der Waals surface area contributed by atoms with Crippen molar-refractivity contribution in [2.75, 3.05) is 13.2 Å². The number of hydrogen-bond donors (Lipinski definition) is 0. The molecule has 0 amide bonds. The molecule has 1 aliphatic rings. The molecule has 134 valence electrons. The molecule has 1 fully saturated rings. The molecule has 1 aromatic rings. The molecule has 0 atom stereocenters. The van der Waals surface area contributed by atoms with Crippen molar-refractivity contribution in [3.63, 3.8) is 0 Å². The van der Waals surface area contributed by atoms with E-state index in [1.54, 1.807) is 0 Å². The summed E-state index contributed by atoms with van der Waals surface area (Å²) in [6.45, 7) is 7.06. The Morgan fingerprint density at radius 1 is 1.04 bits per heavy atom. The summed E-state index contributed by atoms with van der Waals surface area (Å²) in [7, 11) is 0. The van der Waals surface area contributed by atoms with E-state index in [0.29, 0.717) is 30.9 Å². The molecule has 0 radical (unpaired) electrons. The Morgan fingerprint density at radius 2 is 1.71 bits per heavy atom. The lowest BCUT2D eigenvalue weighted by Gasteiger charge is -2.21. The van der Waals surface area contributed by atoms with Crippen molar-refractivity contribution in [2.45, 2.75) is 72.1 Å². The van der Waals surface area contributed by atoms with Gasteiger partial charge in [0, 0.05) is 6.42 Å². The SMILES string of the molecule is CCOc1cc(C(=O)CCCC2CCCCC2)c(OCC)cc1C. The highest BCUT2D eigenvalue weighted by Gasteiger charge is 2.18. The highest BCUT2D eigenvalue weighted by Crippen LogP contribution is 2.31. The summed E-state index contributed by atoms with van der Waals surface area (Å²) in [6, 6.07) is 3.80. The first-order valence-corrected chi connectivity index (χ1v) is 9.59. The molecule has 3 heteroatoms. The van der Waals surface area contributed by atoms with Crippen molar-refractivity contribution in [3.05, 3.63) is 23.3 Å². The second kappa shape index (κ2) is 9.71. The number of rotatable bonds is 9. The lowest BCUT2D eigenvalue weighted by molar-refractivity contribution is 0.0972. The van der Waals surface area contributed by atoms with E-state index in [4.69, 9.17) is 9.47 Å². The van der Waals surface area contributed by atoms with Crippen molar-refractivity contribution in [3.8, 4) is 11.5 Å². The Balaban J connectivity index is 2.01. The summed E-state index contributed by atoms with van der Waals surface area (Å²) in [5.41, 5.74) is 1.69. The van der Waals surface area contributed by atoms with Crippen molar-refractivity contribution >= 4 is 5.78 Å². The van der Waals surface area contributed by atoms with Gasteiger partial charge in [0.25, 0.3) is 0 Å². The highest BCUT2D eigenvalue weighted by atomic mass is 16.5. The van der Waals surface area contributed by atoms with Crippen LogP contribution in [0.1, 0.15) is 81.1 Å². The normalized spacial score (nSPS) is 15.3. The van der Waals surface area contributed by atoms with Gasteiger partial charge < -0.3 is 9.47 Å². The third kappa shape index (κ3) is 5.25. The van der Waals surface area contributed by atoms with E-state index in [2.05, 4.69) is 0 Å². The van der Waals surface area contributed by atoms with Crippen LogP contribution in [-0.4, -0.2) is 19.0 Å². The maximum absolute atomic E-state index is 12.7. The molecule has 0 saturated heterocycles. The van der Waals surface area contributed by atoms with Crippen LogP contribution in [0, 0.1) is 12.8 Å². The van der Waals surface area contributed by atoms with Crippen LogP contribution in [-0.2, 0) is 0 Å². The van der Waals surface area contributed by atoms with E-state index in [-0.39, 0.29) is 5.78 Å². The summed E-state index contributed by atoms with van der Waals surface area (Å²) in [6.07, 6.45) is 9.56. The van der Waals surface area contributed by atoms with E-state index < -0.39 is 0 Å². The summed E-state index contributed by atoms with van der Waals surface area (Å²) in [5.74, 6) is 2.49. The number of ketones is 1. The lowest BCUT2D eigenvalue weighted by atomic mass is 9.85. The summed E-state index contributed by atoms with van der Waals surface area (Å²) in [4.78, 5) is 12.7. The minimum atomic E-state index is 0.176. The van der Waals surface area contributed by atoms with Gasteiger partial charge in [-0.1, -0.05) is 38.5 Å². The number of carbonyl (C=O) groups is 1. The van der Waals surface area contributed by atoms with Gasteiger partial charge in [-0.3, -0.25) is 4.79 Å². The fourth-order valence-corrected chi connectivity index (χ4v) is 3.63. The van der Waals surface area contributed by atoms with E-state index in [1.807, 2.05) is 32.9 Å². The summed E-state index contributed by atoms with van der Waals surface area (Å²) in [5, 5.41) is 0. The summed E-state index contributed by atoms with van der Waals surface area (Å²) >= 11 is 0. The molecule has 0 heterocycles. The molecule has 0 spiro atoms. The fourth-order valence-electron chi connectivity index (χ4n) is 3.63. The van der Waals surface area contributed by atoms with Crippen LogP contribution in [0.15, 0.2) is 12.1 Å². The van der Waals surface area contributed by atoms with Gasteiger partial charge in [-0.2, -0.15) is 0 Å². The molecule has 1 aliphatic carbocycles. The molecule has 3 nitrogen and oxygen atoms in total. The van der Waals surface area contributed by atoms with Crippen molar-refractivity contribution in [1.82, 2.24) is 0 Å². The first-order chi connectivity index (χ1) is 11.7. The molecule has 0 aromatic heterocycles. The standard InChI is InChI=1S/C21H32O3/c1-4-23-20-15-18(21(24-5-2)14-16(20)3)19(22)13-9-12-17-10-7-6-8-11-17/h14-15,17H,4-13H2,1-3H3. The van der Waals surface area contributed by atoms with Crippen LogP contribution in [0.4, 0.5) is 0 Å².